The van der Waals surface area contributed by atoms with Crippen molar-refractivity contribution >= 4 is 63.6 Å². The van der Waals surface area contributed by atoms with Crippen LogP contribution in [0.15, 0.2) is 36.4 Å². The number of imide groups is 1. The molecule has 1 aliphatic heterocycles. The van der Waals surface area contributed by atoms with Crippen LogP contribution in [0.25, 0.3) is 0 Å². The normalized spacial score (nSPS) is 13.3. The lowest BCUT2D eigenvalue weighted by Crippen LogP contribution is -2.51. The molecular weight excluding hydrogens is 811 g/mol. The molecule has 2 rings (SSSR count). The van der Waals surface area contributed by atoms with Gasteiger partial charge in [-0.3, -0.25) is 33.7 Å². The highest BCUT2D eigenvalue weighted by atomic mass is 32.2. The lowest BCUT2D eigenvalue weighted by molar-refractivity contribution is -0.149. The number of unbranched alkanes of at least 4 members (excludes halogenated alkanes) is 2. The Kier molecular flexibility index (Phi) is 22.9. The van der Waals surface area contributed by atoms with Gasteiger partial charge in [0.1, 0.15) is 19.3 Å². The Bertz CT molecular complexity index is 1740. The number of carbonyl (C=O) groups is 8. The first kappa shape index (κ1) is 50.5. The molecule has 6 N–H and O–H groups in total. The number of hydrogen-bond donors (Lipinski definition) is 6. The molecule has 60 heavy (non-hydrogen) atoms. The minimum absolute atomic E-state index is 0.103. The maximum Gasteiger partial charge on any atom is 0.421 e. The SMILES string of the molecule is CCC(C)C(=O)OCc1ccc(NC(=O)CNC(=O)C(NC(=O)OCCOCCNS(=O)(=O)NC(=O)OCCCNC(=O)CCCCCN2C(=O)C=CC2=O)C(C)C)cc1. The number of nitrogens with one attached hydrogen (secondary N) is 6. The fourth-order valence-corrected chi connectivity index (χ4v) is 5.69. The monoisotopic (exact) mass is 867 g/mol. The molecule has 0 fully saturated rings. The van der Waals surface area contributed by atoms with E-state index in [1.54, 1.807) is 49.8 Å². The predicted octanol–water partition coefficient (Wildman–Crippen LogP) is 1.15. The van der Waals surface area contributed by atoms with E-state index in [9.17, 15) is 46.8 Å². The van der Waals surface area contributed by atoms with Gasteiger partial charge in [-0.2, -0.15) is 13.1 Å². The van der Waals surface area contributed by atoms with Crippen LogP contribution in [0.5, 0.6) is 0 Å². The molecule has 7 amide bonds. The fourth-order valence-electron chi connectivity index (χ4n) is 4.99. The first-order valence-electron chi connectivity index (χ1n) is 19.6. The second kappa shape index (κ2) is 27.2. The number of rotatable bonds is 28. The van der Waals surface area contributed by atoms with Crippen LogP contribution in [0.3, 0.4) is 0 Å². The zero-order valence-electron chi connectivity index (χ0n) is 34.4. The van der Waals surface area contributed by atoms with E-state index in [-0.39, 0.29) is 101 Å². The Labute approximate surface area is 349 Å². The van der Waals surface area contributed by atoms with Gasteiger partial charge >= 0.3 is 28.4 Å². The van der Waals surface area contributed by atoms with E-state index in [2.05, 4.69) is 26.0 Å². The van der Waals surface area contributed by atoms with E-state index in [4.69, 9.17) is 18.9 Å². The second-order valence-electron chi connectivity index (χ2n) is 13.8. The molecule has 1 heterocycles. The summed E-state index contributed by atoms with van der Waals surface area (Å²) in [4.78, 5) is 97.3. The van der Waals surface area contributed by atoms with Gasteiger partial charge in [-0.1, -0.05) is 46.2 Å². The van der Waals surface area contributed by atoms with Gasteiger partial charge in [0, 0.05) is 43.9 Å². The molecule has 0 aliphatic carbocycles. The molecule has 21 nitrogen and oxygen atoms in total. The molecule has 1 aromatic rings. The summed E-state index contributed by atoms with van der Waals surface area (Å²) < 4.78 is 48.3. The van der Waals surface area contributed by atoms with Crippen molar-refractivity contribution in [3.05, 3.63) is 42.0 Å². The summed E-state index contributed by atoms with van der Waals surface area (Å²) in [7, 11) is -4.28. The zero-order valence-corrected chi connectivity index (χ0v) is 35.2. The lowest BCUT2D eigenvalue weighted by atomic mass is 10.0. The number of esters is 1. The fraction of sp³-hybridized carbons (Fsp3) is 0.579. The van der Waals surface area contributed by atoms with Crippen LogP contribution < -0.4 is 30.7 Å². The third kappa shape index (κ3) is 20.9. The van der Waals surface area contributed by atoms with Crippen molar-refractivity contribution in [1.82, 2.24) is 30.3 Å². The molecule has 0 bridgehead atoms. The highest BCUT2D eigenvalue weighted by molar-refractivity contribution is 7.88. The predicted molar refractivity (Wildman–Crippen MR) is 215 cm³/mol. The van der Waals surface area contributed by atoms with Crippen molar-refractivity contribution < 1.29 is 65.7 Å². The van der Waals surface area contributed by atoms with Crippen molar-refractivity contribution in [2.45, 2.75) is 78.9 Å². The first-order valence-corrected chi connectivity index (χ1v) is 21.1. The Hall–Kier alpha value is -5.61. The number of anilines is 1. The molecule has 0 aromatic heterocycles. The highest BCUT2D eigenvalue weighted by Crippen LogP contribution is 2.13. The summed E-state index contributed by atoms with van der Waals surface area (Å²) >= 11 is 0. The smallest absolute Gasteiger partial charge is 0.421 e. The summed E-state index contributed by atoms with van der Waals surface area (Å²) in [5.74, 6) is -2.89. The average Bonchev–Trinajstić information content (AvgIpc) is 3.52. The Morgan fingerprint density at radius 2 is 1.43 bits per heavy atom. The largest absolute Gasteiger partial charge is 0.461 e. The molecular formula is C38H57N7O14S. The molecule has 334 valence electrons. The van der Waals surface area contributed by atoms with Gasteiger partial charge in [0.2, 0.25) is 17.7 Å². The molecule has 0 saturated heterocycles. The van der Waals surface area contributed by atoms with E-state index >= 15 is 0 Å². The van der Waals surface area contributed by atoms with Crippen LogP contribution >= 0.6 is 0 Å². The van der Waals surface area contributed by atoms with Crippen molar-refractivity contribution in [1.29, 1.82) is 0 Å². The van der Waals surface area contributed by atoms with Crippen molar-refractivity contribution in [3.8, 4) is 0 Å². The number of amides is 7. The summed E-state index contributed by atoms with van der Waals surface area (Å²) in [6.07, 6.45) is 3.22. The van der Waals surface area contributed by atoms with Crippen LogP contribution in [0.4, 0.5) is 15.3 Å². The minimum Gasteiger partial charge on any atom is -0.461 e. The van der Waals surface area contributed by atoms with Gasteiger partial charge in [0.05, 0.1) is 32.3 Å². The van der Waals surface area contributed by atoms with E-state index in [1.165, 1.54) is 12.2 Å². The Morgan fingerprint density at radius 3 is 2.10 bits per heavy atom. The lowest BCUT2D eigenvalue weighted by Gasteiger charge is -2.21. The van der Waals surface area contributed by atoms with Gasteiger partial charge in [0.15, 0.2) is 0 Å². The second-order valence-corrected chi connectivity index (χ2v) is 15.3. The maximum atomic E-state index is 12.8. The van der Waals surface area contributed by atoms with Gasteiger partial charge < -0.3 is 40.2 Å². The molecule has 0 saturated carbocycles. The van der Waals surface area contributed by atoms with Crippen LogP contribution in [-0.2, 0) is 64.5 Å². The van der Waals surface area contributed by atoms with E-state index < -0.39 is 40.3 Å². The number of carbonyl (C=O) groups excluding carboxylic acids is 8. The number of alkyl carbamates (subject to hydrolysis) is 1. The van der Waals surface area contributed by atoms with Crippen molar-refractivity contribution in [3.63, 3.8) is 0 Å². The number of hydrogen-bond acceptors (Lipinski definition) is 14. The Balaban J connectivity index is 1.51. The van der Waals surface area contributed by atoms with Gasteiger partial charge in [-0.15, -0.1) is 0 Å². The van der Waals surface area contributed by atoms with E-state index in [0.29, 0.717) is 37.9 Å². The minimum atomic E-state index is -4.28. The average molecular weight is 868 g/mol. The Morgan fingerprint density at radius 1 is 0.750 bits per heavy atom. The van der Waals surface area contributed by atoms with Gasteiger partial charge in [0.25, 0.3) is 11.8 Å². The number of nitrogens with zero attached hydrogens (tertiary/aromatic N) is 1. The summed E-state index contributed by atoms with van der Waals surface area (Å²) in [6.45, 7) is 6.36. The van der Waals surface area contributed by atoms with E-state index in [1.807, 2.05) is 6.92 Å². The molecule has 22 heteroatoms. The molecule has 1 aliphatic rings. The van der Waals surface area contributed by atoms with Crippen LogP contribution in [0, 0.1) is 11.8 Å². The third-order valence-corrected chi connectivity index (χ3v) is 9.58. The van der Waals surface area contributed by atoms with Crippen LogP contribution in [-0.4, -0.2) is 120 Å². The van der Waals surface area contributed by atoms with Crippen LogP contribution in [0.2, 0.25) is 0 Å². The molecule has 1 aromatic carbocycles. The summed E-state index contributed by atoms with van der Waals surface area (Å²) in [6, 6.07) is 5.64. The molecule has 2 atom stereocenters. The number of ether oxygens (including phenoxy) is 4. The first-order chi connectivity index (χ1) is 28.5. The van der Waals surface area contributed by atoms with Gasteiger partial charge in [-0.05, 0) is 49.3 Å². The molecule has 0 radical (unpaired) electrons. The van der Waals surface area contributed by atoms with Crippen LogP contribution in [0.1, 0.15) is 71.8 Å². The molecule has 0 spiro atoms. The van der Waals surface area contributed by atoms with Crippen molar-refractivity contribution in [2.75, 3.05) is 57.9 Å². The standard InChI is InChI=1S/C38H57N7O14S/c1-5-27(4)36(51)59-25-28-11-13-29(14-12-28)42-31(47)24-40-35(50)34(26(2)3)43-37(52)58-23-22-56-21-18-41-60(54,55)44-38(53)57-20-9-17-39-30(46)10-7-6-8-19-45-32(48)15-16-33(45)49/h11-16,26-27,34,41H,5-10,17-25H2,1-4H3,(H,39,46)(H,40,50)(H,42,47)(H,43,52)(H,44,53). The van der Waals surface area contributed by atoms with Gasteiger partial charge in [-0.25, -0.2) is 14.3 Å². The third-order valence-electron chi connectivity index (χ3n) is 8.56. The zero-order chi connectivity index (χ0) is 44.5. The number of benzene rings is 1. The summed E-state index contributed by atoms with van der Waals surface area (Å²) in [5, 5.41) is 10.2. The maximum absolute atomic E-state index is 12.8. The van der Waals surface area contributed by atoms with Crippen molar-refractivity contribution in [2.24, 2.45) is 11.8 Å². The quantitative estimate of drug-likeness (QED) is 0.0298. The highest BCUT2D eigenvalue weighted by Gasteiger charge is 2.26. The topological polar surface area (TPSA) is 283 Å². The summed E-state index contributed by atoms with van der Waals surface area (Å²) in [5.41, 5.74) is 1.21. The molecule has 2 unspecified atom stereocenters. The van der Waals surface area contributed by atoms with E-state index in [0.717, 1.165) is 10.5 Å².